The third-order valence-electron chi connectivity index (χ3n) is 4.02. The van der Waals surface area contributed by atoms with E-state index in [4.69, 9.17) is 0 Å². The Kier molecular flexibility index (Phi) is 3.92. The molecule has 0 bridgehead atoms. The predicted molar refractivity (Wildman–Crippen MR) is 73.8 cm³/mol. The molecule has 3 rings (SSSR count). The maximum Gasteiger partial charge on any atom is 0.262 e. The lowest BCUT2D eigenvalue weighted by Crippen LogP contribution is -2.33. The minimum atomic E-state index is -3.41. The van der Waals surface area contributed by atoms with Gasteiger partial charge < -0.3 is 9.88 Å². The maximum absolute atomic E-state index is 12.4. The Balaban J connectivity index is 0.00000133. The minimum Gasteiger partial charge on any atom is -0.339 e. The Morgan fingerprint density at radius 2 is 2.21 bits per heavy atom. The highest BCUT2D eigenvalue weighted by Crippen LogP contribution is 2.38. The molecule has 0 radical (unpaired) electrons. The SMILES string of the molecule is Cl.Cn1cnc(S(=O)(=O)N2CCC3(CCNC3)C2)c1. The minimum absolute atomic E-state index is 0. The van der Waals surface area contributed by atoms with Gasteiger partial charge in [0.2, 0.25) is 0 Å². The van der Waals surface area contributed by atoms with Crippen molar-refractivity contribution in [2.45, 2.75) is 17.9 Å². The van der Waals surface area contributed by atoms with Crippen LogP contribution in [0.5, 0.6) is 0 Å². The Morgan fingerprint density at radius 1 is 1.42 bits per heavy atom. The van der Waals surface area contributed by atoms with E-state index in [0.717, 1.165) is 25.9 Å². The molecule has 19 heavy (non-hydrogen) atoms. The monoisotopic (exact) mass is 306 g/mol. The van der Waals surface area contributed by atoms with Crippen molar-refractivity contribution in [3.05, 3.63) is 12.5 Å². The average molecular weight is 307 g/mol. The lowest BCUT2D eigenvalue weighted by atomic mass is 9.87. The molecule has 8 heteroatoms. The third kappa shape index (κ3) is 2.52. The highest BCUT2D eigenvalue weighted by Gasteiger charge is 2.44. The summed E-state index contributed by atoms with van der Waals surface area (Å²) in [5, 5.41) is 3.49. The van der Waals surface area contributed by atoms with Crippen molar-refractivity contribution < 1.29 is 8.42 Å². The van der Waals surface area contributed by atoms with Crippen molar-refractivity contribution in [3.8, 4) is 0 Å². The standard InChI is InChI=1S/C11H18N4O2S.ClH/c1-14-6-10(13-9-14)18(16,17)15-5-3-11(8-15)2-4-12-7-11;/h6,9,12H,2-5,7-8H2,1H3;1H. The molecule has 3 heterocycles. The fourth-order valence-electron chi connectivity index (χ4n) is 2.90. The number of aryl methyl sites for hydroxylation is 1. The van der Waals surface area contributed by atoms with Gasteiger partial charge in [-0.05, 0) is 24.8 Å². The zero-order valence-electron chi connectivity index (χ0n) is 10.9. The van der Waals surface area contributed by atoms with E-state index >= 15 is 0 Å². The summed E-state index contributed by atoms with van der Waals surface area (Å²) in [5.41, 5.74) is 0.155. The van der Waals surface area contributed by atoms with Gasteiger partial charge in [-0.15, -0.1) is 12.4 Å². The average Bonchev–Trinajstić information content (AvgIpc) is 3.02. The molecule has 2 saturated heterocycles. The molecule has 6 nitrogen and oxygen atoms in total. The lowest BCUT2D eigenvalue weighted by Gasteiger charge is -2.22. The fraction of sp³-hybridized carbons (Fsp3) is 0.727. The van der Waals surface area contributed by atoms with Crippen LogP contribution in [0.3, 0.4) is 0 Å². The van der Waals surface area contributed by atoms with E-state index in [1.807, 2.05) is 0 Å². The highest BCUT2D eigenvalue weighted by atomic mass is 35.5. The summed E-state index contributed by atoms with van der Waals surface area (Å²) < 4.78 is 28.1. The van der Waals surface area contributed by atoms with Gasteiger partial charge in [-0.2, -0.15) is 4.31 Å². The topological polar surface area (TPSA) is 67.2 Å². The number of sulfonamides is 1. The molecule has 0 saturated carbocycles. The summed E-state index contributed by atoms with van der Waals surface area (Å²) in [5.74, 6) is 0. The van der Waals surface area contributed by atoms with Crippen molar-refractivity contribution in [1.29, 1.82) is 0 Å². The summed E-state index contributed by atoms with van der Waals surface area (Å²) >= 11 is 0. The van der Waals surface area contributed by atoms with Crippen LogP contribution in [0, 0.1) is 5.41 Å². The number of nitrogens with zero attached hydrogens (tertiary/aromatic N) is 3. The molecule has 1 aromatic heterocycles. The first-order valence-electron chi connectivity index (χ1n) is 6.21. The van der Waals surface area contributed by atoms with Gasteiger partial charge in [-0.1, -0.05) is 0 Å². The number of aromatic nitrogens is 2. The molecule has 2 fully saturated rings. The molecule has 108 valence electrons. The molecule has 1 unspecified atom stereocenters. The molecule has 0 aromatic carbocycles. The second-order valence-corrected chi connectivity index (χ2v) is 7.28. The van der Waals surface area contributed by atoms with Crippen molar-refractivity contribution >= 4 is 22.4 Å². The number of halogens is 1. The fourth-order valence-corrected chi connectivity index (χ4v) is 4.42. The maximum atomic E-state index is 12.4. The van der Waals surface area contributed by atoms with Crippen LogP contribution in [0.15, 0.2) is 17.6 Å². The van der Waals surface area contributed by atoms with Crippen LogP contribution in [-0.2, 0) is 17.1 Å². The molecular weight excluding hydrogens is 288 g/mol. The van der Waals surface area contributed by atoms with Gasteiger partial charge in [0.15, 0.2) is 5.03 Å². The van der Waals surface area contributed by atoms with E-state index in [2.05, 4.69) is 10.3 Å². The van der Waals surface area contributed by atoms with Crippen LogP contribution in [0.1, 0.15) is 12.8 Å². The first kappa shape index (κ1) is 14.8. The Hall–Kier alpha value is -0.630. The lowest BCUT2D eigenvalue weighted by molar-refractivity contribution is 0.337. The summed E-state index contributed by atoms with van der Waals surface area (Å²) in [4.78, 5) is 3.96. The third-order valence-corrected chi connectivity index (χ3v) is 5.75. The van der Waals surface area contributed by atoms with Crippen molar-refractivity contribution in [2.24, 2.45) is 12.5 Å². The van der Waals surface area contributed by atoms with E-state index in [9.17, 15) is 8.42 Å². The highest BCUT2D eigenvalue weighted by molar-refractivity contribution is 7.89. The van der Waals surface area contributed by atoms with Crippen LogP contribution in [-0.4, -0.2) is 48.5 Å². The molecule has 1 N–H and O–H groups in total. The molecule has 1 spiro atoms. The molecular formula is C11H19ClN4O2S. The quantitative estimate of drug-likeness (QED) is 0.848. The first-order chi connectivity index (χ1) is 8.52. The number of hydrogen-bond acceptors (Lipinski definition) is 4. The van der Waals surface area contributed by atoms with Gasteiger partial charge >= 0.3 is 0 Å². The molecule has 0 amide bonds. The number of hydrogen-bond donors (Lipinski definition) is 1. The molecule has 1 atom stereocenters. The second-order valence-electron chi connectivity index (χ2n) is 5.39. The summed E-state index contributed by atoms with van der Waals surface area (Å²) in [6, 6.07) is 0. The van der Waals surface area contributed by atoms with Gasteiger partial charge in [0, 0.05) is 32.9 Å². The van der Waals surface area contributed by atoms with Gasteiger partial charge in [0.05, 0.1) is 6.33 Å². The van der Waals surface area contributed by atoms with Crippen molar-refractivity contribution in [1.82, 2.24) is 19.2 Å². The summed E-state index contributed by atoms with van der Waals surface area (Å²) in [6.07, 6.45) is 5.11. The molecule has 0 aliphatic carbocycles. The van der Waals surface area contributed by atoms with Gasteiger partial charge in [0.1, 0.15) is 0 Å². The predicted octanol–water partition coefficient (Wildman–Crippen LogP) is 0.216. The smallest absolute Gasteiger partial charge is 0.262 e. The zero-order chi connectivity index (χ0) is 12.8. The number of rotatable bonds is 2. The van der Waals surface area contributed by atoms with Crippen LogP contribution >= 0.6 is 12.4 Å². The van der Waals surface area contributed by atoms with E-state index < -0.39 is 10.0 Å². The van der Waals surface area contributed by atoms with Gasteiger partial charge in [0.25, 0.3) is 10.0 Å². The van der Waals surface area contributed by atoms with Crippen molar-refractivity contribution in [2.75, 3.05) is 26.2 Å². The second kappa shape index (κ2) is 5.05. The summed E-state index contributed by atoms with van der Waals surface area (Å²) in [6.45, 7) is 3.16. The van der Waals surface area contributed by atoms with E-state index in [1.54, 1.807) is 22.1 Å². The number of imidazole rings is 1. The molecule has 2 aliphatic rings. The van der Waals surface area contributed by atoms with E-state index in [1.165, 1.54) is 6.33 Å². The Morgan fingerprint density at radius 3 is 2.79 bits per heavy atom. The molecule has 1 aromatic rings. The number of nitrogens with one attached hydrogen (secondary N) is 1. The summed E-state index contributed by atoms with van der Waals surface area (Å²) in [7, 11) is -1.63. The van der Waals surface area contributed by atoms with E-state index in [-0.39, 0.29) is 22.8 Å². The first-order valence-corrected chi connectivity index (χ1v) is 7.65. The van der Waals surface area contributed by atoms with Crippen LogP contribution in [0.4, 0.5) is 0 Å². The van der Waals surface area contributed by atoms with Crippen LogP contribution in [0.25, 0.3) is 0 Å². The van der Waals surface area contributed by atoms with E-state index in [0.29, 0.717) is 13.1 Å². The van der Waals surface area contributed by atoms with Crippen LogP contribution < -0.4 is 5.32 Å². The largest absolute Gasteiger partial charge is 0.339 e. The van der Waals surface area contributed by atoms with Crippen molar-refractivity contribution in [3.63, 3.8) is 0 Å². The Bertz CT molecular complexity index is 551. The van der Waals surface area contributed by atoms with Gasteiger partial charge in [-0.3, -0.25) is 0 Å². The Labute approximate surface area is 119 Å². The van der Waals surface area contributed by atoms with Gasteiger partial charge in [-0.25, -0.2) is 13.4 Å². The molecule has 2 aliphatic heterocycles. The zero-order valence-corrected chi connectivity index (χ0v) is 12.5. The van der Waals surface area contributed by atoms with Crippen LogP contribution in [0.2, 0.25) is 0 Å². The normalized spacial score (nSPS) is 27.8.